The monoisotopic (exact) mass is 248 g/mol. The summed E-state index contributed by atoms with van der Waals surface area (Å²) in [5.74, 6) is -0.992. The van der Waals surface area contributed by atoms with Crippen LogP contribution in [0.25, 0.3) is 0 Å². The van der Waals surface area contributed by atoms with Crippen LogP contribution >= 0.6 is 0 Å². The van der Waals surface area contributed by atoms with E-state index in [0.29, 0.717) is 18.5 Å². The number of imide groups is 1. The molecule has 1 saturated carbocycles. The van der Waals surface area contributed by atoms with E-state index in [1.54, 1.807) is 6.92 Å². The number of pyridine rings is 1. The summed E-state index contributed by atoms with van der Waals surface area (Å²) < 4.78 is 1.38. The van der Waals surface area contributed by atoms with Gasteiger partial charge in [0.05, 0.1) is 0 Å². The smallest absolute Gasteiger partial charge is 0.255 e. The van der Waals surface area contributed by atoms with Crippen molar-refractivity contribution in [3.8, 4) is 5.75 Å². The fraction of sp³-hybridized carbons (Fsp3) is 0.417. The topological polar surface area (TPSA) is 88.4 Å². The van der Waals surface area contributed by atoms with Crippen molar-refractivity contribution >= 4 is 11.8 Å². The highest BCUT2D eigenvalue weighted by Gasteiger charge is 2.59. The van der Waals surface area contributed by atoms with E-state index < -0.39 is 17.0 Å². The minimum atomic E-state index is -0.951. The number of carbonyl (C=O) groups excluding carboxylic acids is 2. The Hall–Kier alpha value is -2.11. The van der Waals surface area contributed by atoms with Gasteiger partial charge in [0, 0.05) is 17.7 Å². The average molecular weight is 248 g/mol. The van der Waals surface area contributed by atoms with Crippen LogP contribution in [0.5, 0.6) is 5.75 Å². The van der Waals surface area contributed by atoms with E-state index in [1.807, 2.05) is 0 Å². The number of aromatic hydroxyl groups is 1. The van der Waals surface area contributed by atoms with Crippen LogP contribution in [-0.2, 0) is 15.1 Å². The highest BCUT2D eigenvalue weighted by atomic mass is 16.3. The van der Waals surface area contributed by atoms with Crippen LogP contribution in [0.15, 0.2) is 16.9 Å². The van der Waals surface area contributed by atoms with Gasteiger partial charge in [0.15, 0.2) is 0 Å². The number of amides is 2. The van der Waals surface area contributed by atoms with Crippen molar-refractivity contribution in [3.05, 3.63) is 28.2 Å². The molecule has 2 N–H and O–H groups in total. The molecule has 2 saturated heterocycles. The molecule has 0 atom stereocenters. The van der Waals surface area contributed by atoms with E-state index in [4.69, 9.17) is 0 Å². The fourth-order valence-corrected chi connectivity index (χ4v) is 2.97. The molecule has 6 heteroatoms. The van der Waals surface area contributed by atoms with Crippen molar-refractivity contribution in [2.45, 2.75) is 25.3 Å². The molecular formula is C12H12N2O4. The molecule has 4 rings (SSSR count). The molecule has 3 aliphatic rings. The van der Waals surface area contributed by atoms with Crippen LogP contribution in [0.3, 0.4) is 0 Å². The van der Waals surface area contributed by atoms with Crippen molar-refractivity contribution < 1.29 is 14.7 Å². The standard InChI is InChI=1S/C12H12N2O4/c1-6-2-8(15)3-9(16)14(6)12-4-7(5-12)10(17)13-11(12)18/h2-3,7,15H,4-5H2,1H3,(H,13,17,18). The predicted octanol–water partition coefficient (Wildman–Crippen LogP) is -0.376. The summed E-state index contributed by atoms with van der Waals surface area (Å²) >= 11 is 0. The Balaban J connectivity index is 2.15. The zero-order chi connectivity index (χ0) is 13.1. The number of nitrogens with one attached hydrogen (secondary N) is 1. The molecule has 2 amide bonds. The maximum absolute atomic E-state index is 12.0. The van der Waals surface area contributed by atoms with Gasteiger partial charge in [-0.25, -0.2) is 0 Å². The Kier molecular flexibility index (Phi) is 1.97. The van der Waals surface area contributed by atoms with E-state index in [2.05, 4.69) is 5.32 Å². The number of carbonyl (C=O) groups is 2. The summed E-state index contributed by atoms with van der Waals surface area (Å²) in [6.07, 6.45) is 0.729. The van der Waals surface area contributed by atoms with Crippen molar-refractivity contribution in [2.75, 3.05) is 0 Å². The third-order valence-electron chi connectivity index (χ3n) is 3.83. The second-order valence-corrected chi connectivity index (χ2v) is 4.98. The number of hydrogen-bond acceptors (Lipinski definition) is 4. The number of fused-ring (bicyclic) bond motifs is 2. The zero-order valence-electron chi connectivity index (χ0n) is 9.77. The molecule has 1 aliphatic carbocycles. The van der Waals surface area contributed by atoms with Crippen molar-refractivity contribution in [1.82, 2.24) is 9.88 Å². The van der Waals surface area contributed by atoms with Gasteiger partial charge in [0.1, 0.15) is 11.3 Å². The van der Waals surface area contributed by atoms with Crippen molar-refractivity contribution in [3.63, 3.8) is 0 Å². The molecule has 3 fully saturated rings. The lowest BCUT2D eigenvalue weighted by molar-refractivity contribution is -0.157. The molecule has 94 valence electrons. The Bertz CT molecular complexity index is 625. The first-order valence-electron chi connectivity index (χ1n) is 5.72. The van der Waals surface area contributed by atoms with E-state index in [0.717, 1.165) is 6.07 Å². The van der Waals surface area contributed by atoms with E-state index in [-0.39, 0.29) is 17.6 Å². The average Bonchev–Trinajstić information content (AvgIpc) is 2.17. The van der Waals surface area contributed by atoms with Crippen LogP contribution in [0, 0.1) is 12.8 Å². The summed E-state index contributed by atoms with van der Waals surface area (Å²) in [7, 11) is 0. The normalized spacial score (nSPS) is 29.7. The molecule has 1 aromatic heterocycles. The summed E-state index contributed by atoms with van der Waals surface area (Å²) in [6, 6.07) is 2.52. The predicted molar refractivity (Wildman–Crippen MR) is 61.0 cm³/mol. The Morgan fingerprint density at radius 3 is 2.56 bits per heavy atom. The molecule has 2 aliphatic heterocycles. The molecule has 6 nitrogen and oxygen atoms in total. The Morgan fingerprint density at radius 1 is 1.33 bits per heavy atom. The zero-order valence-corrected chi connectivity index (χ0v) is 9.77. The molecule has 0 spiro atoms. The summed E-state index contributed by atoms with van der Waals surface area (Å²) in [4.78, 5) is 35.3. The quantitative estimate of drug-likeness (QED) is 0.663. The van der Waals surface area contributed by atoms with E-state index >= 15 is 0 Å². The second kappa shape index (κ2) is 3.22. The molecule has 0 radical (unpaired) electrons. The second-order valence-electron chi connectivity index (χ2n) is 4.98. The van der Waals surface area contributed by atoms with E-state index in [1.165, 1.54) is 10.6 Å². The van der Waals surface area contributed by atoms with Gasteiger partial charge in [-0.1, -0.05) is 0 Å². The molecule has 3 heterocycles. The Labute approximate surface area is 102 Å². The largest absolute Gasteiger partial charge is 0.508 e. The maximum atomic E-state index is 12.0. The lowest BCUT2D eigenvalue weighted by atomic mass is 9.64. The third kappa shape index (κ3) is 1.20. The van der Waals surface area contributed by atoms with Gasteiger partial charge in [-0.3, -0.25) is 24.3 Å². The van der Waals surface area contributed by atoms with Gasteiger partial charge in [0.2, 0.25) is 5.91 Å². The lowest BCUT2D eigenvalue weighted by Crippen LogP contribution is -2.68. The van der Waals surface area contributed by atoms with Gasteiger partial charge in [-0.05, 0) is 25.8 Å². The van der Waals surface area contributed by atoms with Crippen LogP contribution < -0.4 is 10.9 Å². The van der Waals surface area contributed by atoms with Crippen LogP contribution in [0.1, 0.15) is 18.5 Å². The molecule has 0 unspecified atom stereocenters. The van der Waals surface area contributed by atoms with Crippen LogP contribution in [0.4, 0.5) is 0 Å². The van der Waals surface area contributed by atoms with Crippen molar-refractivity contribution in [2.24, 2.45) is 5.92 Å². The highest BCUT2D eigenvalue weighted by molar-refractivity contribution is 6.06. The van der Waals surface area contributed by atoms with Gasteiger partial charge in [-0.15, -0.1) is 0 Å². The molecule has 1 aromatic rings. The lowest BCUT2D eigenvalue weighted by Gasteiger charge is -2.50. The van der Waals surface area contributed by atoms with Gasteiger partial charge >= 0.3 is 0 Å². The number of aromatic nitrogens is 1. The van der Waals surface area contributed by atoms with Crippen LogP contribution in [0.2, 0.25) is 0 Å². The highest BCUT2D eigenvalue weighted by Crippen LogP contribution is 2.47. The van der Waals surface area contributed by atoms with Gasteiger partial charge in [0.25, 0.3) is 11.5 Å². The van der Waals surface area contributed by atoms with E-state index in [9.17, 15) is 19.5 Å². The molecular weight excluding hydrogens is 236 g/mol. The number of aryl methyl sites for hydroxylation is 1. The number of piperidine rings is 2. The fourth-order valence-electron chi connectivity index (χ4n) is 2.97. The van der Waals surface area contributed by atoms with Crippen LogP contribution in [-0.4, -0.2) is 21.5 Å². The van der Waals surface area contributed by atoms with Gasteiger partial charge < -0.3 is 5.11 Å². The molecule has 2 bridgehead atoms. The summed E-state index contributed by atoms with van der Waals surface area (Å²) in [5, 5.41) is 11.6. The summed E-state index contributed by atoms with van der Waals surface area (Å²) in [5.41, 5.74) is -0.855. The first-order chi connectivity index (χ1) is 8.44. The molecule has 18 heavy (non-hydrogen) atoms. The minimum Gasteiger partial charge on any atom is -0.508 e. The van der Waals surface area contributed by atoms with Gasteiger partial charge in [-0.2, -0.15) is 0 Å². The van der Waals surface area contributed by atoms with Crippen molar-refractivity contribution in [1.29, 1.82) is 0 Å². The minimum absolute atomic E-state index is 0.117. The first kappa shape index (κ1) is 11.0. The molecule has 0 aromatic carbocycles. The third-order valence-corrected chi connectivity index (χ3v) is 3.83. The summed E-state index contributed by atoms with van der Waals surface area (Å²) in [6.45, 7) is 1.66. The maximum Gasteiger partial charge on any atom is 0.255 e. The SMILES string of the molecule is Cc1cc(O)cc(=O)n1C12CC(C1)C(=O)NC2=O. The first-order valence-corrected chi connectivity index (χ1v) is 5.72. The number of nitrogens with zero attached hydrogens (tertiary/aromatic N) is 1. The number of hydrogen-bond donors (Lipinski definition) is 2. The number of rotatable bonds is 1. The Morgan fingerprint density at radius 2 is 2.00 bits per heavy atom.